The molecule has 4 heteroatoms. The third-order valence-corrected chi connectivity index (χ3v) is 7.77. The molecule has 0 saturated heterocycles. The van der Waals surface area contributed by atoms with E-state index < -0.39 is 0 Å². The molecular formula is C38H31N2OP. The Morgan fingerprint density at radius 2 is 1.05 bits per heavy atom. The highest BCUT2D eigenvalue weighted by atomic mass is 31.0. The number of ether oxygens (including phenoxy) is 1. The van der Waals surface area contributed by atoms with Gasteiger partial charge in [0.05, 0.1) is 0 Å². The first kappa shape index (κ1) is 27.3. The van der Waals surface area contributed by atoms with Gasteiger partial charge in [-0.2, -0.15) is 0 Å². The monoisotopic (exact) mass is 562 g/mol. The quantitative estimate of drug-likeness (QED) is 0.196. The molecule has 42 heavy (non-hydrogen) atoms. The average molecular weight is 563 g/mol. The van der Waals surface area contributed by atoms with Crippen molar-refractivity contribution in [3.63, 3.8) is 0 Å². The molecule has 0 radical (unpaired) electrons. The van der Waals surface area contributed by atoms with Crippen LogP contribution in [0.1, 0.15) is 18.6 Å². The molecule has 6 aromatic carbocycles. The molecule has 7 rings (SSSR count). The summed E-state index contributed by atoms with van der Waals surface area (Å²) in [5.74, 6) is 0.552. The molecule has 0 fully saturated rings. The van der Waals surface area contributed by atoms with E-state index in [2.05, 4.69) is 123 Å². The van der Waals surface area contributed by atoms with E-state index in [0.29, 0.717) is 5.88 Å². The molecule has 2 unspecified atom stereocenters. The Kier molecular flexibility index (Phi) is 8.31. The van der Waals surface area contributed by atoms with Crippen LogP contribution < -0.4 is 10.0 Å². The third kappa shape index (κ3) is 5.93. The van der Waals surface area contributed by atoms with E-state index in [4.69, 9.17) is 4.74 Å². The van der Waals surface area contributed by atoms with Crippen LogP contribution in [-0.2, 0) is 0 Å². The summed E-state index contributed by atoms with van der Waals surface area (Å²) in [6, 6.07) is 51.7. The van der Waals surface area contributed by atoms with E-state index in [0.717, 1.165) is 38.3 Å². The zero-order valence-electron chi connectivity index (χ0n) is 23.4. The van der Waals surface area contributed by atoms with E-state index in [1.165, 1.54) is 16.5 Å². The Balaban J connectivity index is 0.000000219. The van der Waals surface area contributed by atoms with Crippen LogP contribution in [0.5, 0.6) is 5.88 Å². The standard InChI is InChI=1S/C26H21N2OP.C12H10/c1-17(18-9-3-2-4-10-18)29-26-22-14-8-7-13-21(22)25(27-28-26)24-20-12-6-5-11-19(20)15-16-23(24)30;1-3-7-11(8-4-1)12-9-5-2-6-10-12/h2-17H,30H2,1H3;1-10H. The number of fused-ring (bicyclic) bond motifs is 2. The first-order valence-corrected chi connectivity index (χ1v) is 14.6. The van der Waals surface area contributed by atoms with Crippen LogP contribution in [0.3, 0.4) is 0 Å². The van der Waals surface area contributed by atoms with Crippen molar-refractivity contribution in [1.82, 2.24) is 10.2 Å². The number of nitrogens with zero attached hydrogens (tertiary/aromatic N) is 2. The third-order valence-electron chi connectivity index (χ3n) is 7.29. The minimum Gasteiger partial charge on any atom is -0.468 e. The van der Waals surface area contributed by atoms with Crippen molar-refractivity contribution in [3.05, 3.63) is 157 Å². The normalized spacial score (nSPS) is 11.5. The Labute approximate surface area is 249 Å². The van der Waals surface area contributed by atoms with Crippen molar-refractivity contribution >= 4 is 36.1 Å². The minimum absolute atomic E-state index is 0.121. The molecule has 0 aliphatic rings. The van der Waals surface area contributed by atoms with Crippen LogP contribution in [0.15, 0.2) is 152 Å². The van der Waals surface area contributed by atoms with Crippen LogP contribution in [0.2, 0.25) is 0 Å². The number of hydrogen-bond acceptors (Lipinski definition) is 3. The number of rotatable bonds is 5. The van der Waals surface area contributed by atoms with Crippen LogP contribution in [-0.4, -0.2) is 10.2 Å². The second-order valence-corrected chi connectivity index (χ2v) is 10.7. The predicted octanol–water partition coefficient (Wildman–Crippen LogP) is 9.44. The second kappa shape index (κ2) is 12.8. The van der Waals surface area contributed by atoms with Crippen molar-refractivity contribution in [1.29, 1.82) is 0 Å². The van der Waals surface area contributed by atoms with Gasteiger partial charge in [-0.05, 0) is 45.8 Å². The van der Waals surface area contributed by atoms with Crippen molar-refractivity contribution in [2.45, 2.75) is 13.0 Å². The molecule has 0 spiro atoms. The van der Waals surface area contributed by atoms with Crippen LogP contribution >= 0.6 is 9.24 Å². The van der Waals surface area contributed by atoms with Gasteiger partial charge >= 0.3 is 0 Å². The first-order chi connectivity index (χ1) is 20.7. The van der Waals surface area contributed by atoms with E-state index in [-0.39, 0.29) is 6.10 Å². The number of benzene rings is 6. The SMILES string of the molecule is CC(Oc1nnc(-c2c(P)ccc3ccccc23)c2ccccc12)c1ccccc1.c1ccc(-c2ccccc2)cc1. The smallest absolute Gasteiger partial charge is 0.242 e. The van der Waals surface area contributed by atoms with Gasteiger partial charge in [-0.15, -0.1) is 19.4 Å². The predicted molar refractivity (Wildman–Crippen MR) is 179 cm³/mol. The highest BCUT2D eigenvalue weighted by Gasteiger charge is 2.17. The van der Waals surface area contributed by atoms with Gasteiger partial charge in [0.2, 0.25) is 5.88 Å². The van der Waals surface area contributed by atoms with E-state index in [1.54, 1.807) is 0 Å². The average Bonchev–Trinajstić information content (AvgIpc) is 3.07. The van der Waals surface area contributed by atoms with Gasteiger partial charge in [0.15, 0.2) is 0 Å². The lowest BCUT2D eigenvalue weighted by atomic mass is 9.98. The fraction of sp³-hybridized carbons (Fsp3) is 0.0526. The summed E-state index contributed by atoms with van der Waals surface area (Å²) < 4.78 is 6.24. The van der Waals surface area contributed by atoms with Crippen LogP contribution in [0, 0.1) is 0 Å². The largest absolute Gasteiger partial charge is 0.468 e. The van der Waals surface area contributed by atoms with Gasteiger partial charge < -0.3 is 4.74 Å². The lowest BCUT2D eigenvalue weighted by Crippen LogP contribution is -2.07. The van der Waals surface area contributed by atoms with Gasteiger partial charge in [0.1, 0.15) is 11.8 Å². The second-order valence-electron chi connectivity index (χ2n) is 10.1. The number of hydrogen-bond donors (Lipinski definition) is 0. The fourth-order valence-electron chi connectivity index (χ4n) is 5.12. The summed E-state index contributed by atoms with van der Waals surface area (Å²) in [6.45, 7) is 2.03. The first-order valence-electron chi connectivity index (χ1n) is 14.0. The molecule has 2 atom stereocenters. The van der Waals surface area contributed by atoms with Gasteiger partial charge in [0, 0.05) is 16.3 Å². The van der Waals surface area contributed by atoms with Gasteiger partial charge in [-0.25, -0.2) is 0 Å². The molecule has 0 saturated carbocycles. The summed E-state index contributed by atoms with van der Waals surface area (Å²) in [7, 11) is 2.84. The molecular weight excluding hydrogens is 531 g/mol. The molecule has 0 aliphatic heterocycles. The molecule has 0 bridgehead atoms. The highest BCUT2D eigenvalue weighted by Crippen LogP contribution is 2.35. The Morgan fingerprint density at radius 1 is 0.524 bits per heavy atom. The summed E-state index contributed by atoms with van der Waals surface area (Å²) >= 11 is 0. The molecule has 204 valence electrons. The Morgan fingerprint density at radius 3 is 1.69 bits per heavy atom. The van der Waals surface area contributed by atoms with Crippen LogP contribution in [0.4, 0.5) is 0 Å². The molecule has 1 aromatic heterocycles. The maximum atomic E-state index is 6.24. The molecule has 1 heterocycles. The molecule has 3 nitrogen and oxygen atoms in total. The van der Waals surface area contributed by atoms with Crippen molar-refractivity contribution in [2.75, 3.05) is 0 Å². The minimum atomic E-state index is -0.121. The lowest BCUT2D eigenvalue weighted by molar-refractivity contribution is 0.218. The van der Waals surface area contributed by atoms with Crippen molar-refractivity contribution < 1.29 is 4.74 Å². The van der Waals surface area contributed by atoms with E-state index in [9.17, 15) is 0 Å². The van der Waals surface area contributed by atoms with Gasteiger partial charge in [0.25, 0.3) is 0 Å². The zero-order valence-corrected chi connectivity index (χ0v) is 24.5. The summed E-state index contributed by atoms with van der Waals surface area (Å²) in [5, 5.41) is 14.6. The molecule has 0 N–H and O–H groups in total. The fourth-order valence-corrected chi connectivity index (χ4v) is 5.51. The zero-order chi connectivity index (χ0) is 28.7. The Hall–Kier alpha value is -4.85. The lowest BCUT2D eigenvalue weighted by Gasteiger charge is -2.17. The van der Waals surface area contributed by atoms with Crippen molar-refractivity contribution in [3.8, 4) is 28.3 Å². The number of aromatic nitrogens is 2. The van der Waals surface area contributed by atoms with E-state index in [1.807, 2.05) is 55.5 Å². The maximum Gasteiger partial charge on any atom is 0.242 e. The highest BCUT2D eigenvalue weighted by molar-refractivity contribution is 7.28. The van der Waals surface area contributed by atoms with Gasteiger partial charge in [-0.1, -0.05) is 146 Å². The topological polar surface area (TPSA) is 35.0 Å². The molecule has 0 aliphatic carbocycles. The van der Waals surface area contributed by atoms with Crippen molar-refractivity contribution in [2.24, 2.45) is 0 Å². The molecule has 0 amide bonds. The summed E-state index contributed by atoms with van der Waals surface area (Å²) in [4.78, 5) is 0. The van der Waals surface area contributed by atoms with Gasteiger partial charge in [-0.3, -0.25) is 0 Å². The summed E-state index contributed by atoms with van der Waals surface area (Å²) in [5.41, 5.74) is 5.61. The maximum absolute atomic E-state index is 6.24. The Bertz CT molecular complexity index is 1890. The molecule has 7 aromatic rings. The summed E-state index contributed by atoms with van der Waals surface area (Å²) in [6.07, 6.45) is -0.121. The van der Waals surface area contributed by atoms with E-state index >= 15 is 0 Å². The van der Waals surface area contributed by atoms with Crippen LogP contribution in [0.25, 0.3) is 43.9 Å².